The molecular weight excluding hydrogens is 328 g/mol. The molecule has 1 aromatic carbocycles. The fourth-order valence-electron chi connectivity index (χ4n) is 2.60. The Morgan fingerprint density at radius 2 is 1.81 bits per heavy atom. The van der Waals surface area contributed by atoms with Gasteiger partial charge in [-0.25, -0.2) is 0 Å². The zero-order valence-corrected chi connectivity index (χ0v) is 14.8. The van der Waals surface area contributed by atoms with Crippen molar-refractivity contribution in [1.29, 1.82) is 0 Å². The van der Waals surface area contributed by atoms with Gasteiger partial charge in [-0.15, -0.1) is 0 Å². The van der Waals surface area contributed by atoms with E-state index in [2.05, 4.69) is 62.9 Å². The molecule has 2 rings (SSSR count). The van der Waals surface area contributed by atoms with Gasteiger partial charge >= 0.3 is 0 Å². The van der Waals surface area contributed by atoms with Crippen LogP contribution in [-0.2, 0) is 13.1 Å². The average Bonchev–Trinajstić information content (AvgIpc) is 2.48. The van der Waals surface area contributed by atoms with Crippen LogP contribution in [0.4, 0.5) is 0 Å². The largest absolute Gasteiger partial charge is 0.326 e. The lowest BCUT2D eigenvalue weighted by atomic mass is 10.1. The number of likely N-dealkylation sites (N-methyl/N-ethyl adjacent to an activating group) is 1. The molecule has 4 nitrogen and oxygen atoms in total. The second kappa shape index (κ2) is 8.25. The van der Waals surface area contributed by atoms with Gasteiger partial charge in [0.1, 0.15) is 0 Å². The summed E-state index contributed by atoms with van der Waals surface area (Å²) in [6, 6.07) is 6.47. The van der Waals surface area contributed by atoms with E-state index in [4.69, 9.17) is 5.73 Å². The van der Waals surface area contributed by atoms with E-state index in [1.165, 1.54) is 35.2 Å². The van der Waals surface area contributed by atoms with E-state index in [1.54, 1.807) is 0 Å². The predicted octanol–water partition coefficient (Wildman–Crippen LogP) is 1.59. The first-order chi connectivity index (χ1) is 10.1. The van der Waals surface area contributed by atoms with E-state index in [1.807, 2.05) is 0 Å². The predicted molar refractivity (Wildman–Crippen MR) is 92.3 cm³/mol. The highest BCUT2D eigenvalue weighted by molar-refractivity contribution is 9.10. The van der Waals surface area contributed by atoms with Gasteiger partial charge in [-0.1, -0.05) is 28.1 Å². The van der Waals surface area contributed by atoms with Crippen molar-refractivity contribution < 1.29 is 0 Å². The zero-order chi connectivity index (χ0) is 15.2. The topological polar surface area (TPSA) is 35.7 Å². The highest BCUT2D eigenvalue weighted by Gasteiger charge is 2.17. The van der Waals surface area contributed by atoms with Gasteiger partial charge in [0.2, 0.25) is 0 Å². The molecule has 0 amide bonds. The molecule has 1 aromatic rings. The lowest BCUT2D eigenvalue weighted by Crippen LogP contribution is -2.47. The van der Waals surface area contributed by atoms with Crippen molar-refractivity contribution >= 4 is 15.9 Å². The van der Waals surface area contributed by atoms with Gasteiger partial charge in [0.05, 0.1) is 0 Å². The molecule has 0 bridgehead atoms. The summed E-state index contributed by atoms with van der Waals surface area (Å²) in [4.78, 5) is 7.35. The molecule has 1 aliphatic rings. The molecule has 0 saturated carbocycles. The Hall–Kier alpha value is -0.460. The Bertz CT molecular complexity index is 442. The molecule has 0 aromatic heterocycles. The van der Waals surface area contributed by atoms with Crippen LogP contribution in [0.1, 0.15) is 11.1 Å². The fraction of sp³-hybridized carbons (Fsp3) is 0.625. The van der Waals surface area contributed by atoms with Crippen LogP contribution in [0.3, 0.4) is 0 Å². The second-order valence-corrected chi connectivity index (χ2v) is 6.91. The van der Waals surface area contributed by atoms with Gasteiger partial charge in [-0.2, -0.15) is 0 Å². The summed E-state index contributed by atoms with van der Waals surface area (Å²) in [5, 5.41) is 0. The molecule has 0 spiro atoms. The lowest BCUT2D eigenvalue weighted by Gasteiger charge is -2.35. The Morgan fingerprint density at radius 3 is 2.38 bits per heavy atom. The van der Waals surface area contributed by atoms with Gasteiger partial charge in [-0.3, -0.25) is 9.80 Å². The minimum absolute atomic E-state index is 0.601. The maximum absolute atomic E-state index is 5.68. The number of benzene rings is 1. The Balaban J connectivity index is 1.80. The van der Waals surface area contributed by atoms with Crippen molar-refractivity contribution in [3.63, 3.8) is 0 Å². The Kier molecular flexibility index (Phi) is 6.64. The van der Waals surface area contributed by atoms with E-state index in [-0.39, 0.29) is 0 Å². The molecule has 118 valence electrons. The first-order valence-corrected chi connectivity index (χ1v) is 8.44. The minimum atomic E-state index is 0.601. The van der Waals surface area contributed by atoms with E-state index >= 15 is 0 Å². The molecule has 0 unspecified atom stereocenters. The molecule has 0 aliphatic carbocycles. The normalized spacial score (nSPS) is 17.6. The minimum Gasteiger partial charge on any atom is -0.326 e. The molecule has 0 atom stereocenters. The highest BCUT2D eigenvalue weighted by Crippen LogP contribution is 2.20. The third-order valence-electron chi connectivity index (χ3n) is 4.08. The van der Waals surface area contributed by atoms with Crippen LogP contribution in [0.25, 0.3) is 0 Å². The maximum atomic E-state index is 5.68. The van der Waals surface area contributed by atoms with E-state index in [0.717, 1.165) is 26.2 Å². The smallest absolute Gasteiger partial charge is 0.0246 e. The number of rotatable bonds is 6. The maximum Gasteiger partial charge on any atom is 0.0246 e. The van der Waals surface area contributed by atoms with E-state index in [0.29, 0.717) is 6.54 Å². The summed E-state index contributed by atoms with van der Waals surface area (Å²) in [5.41, 5.74) is 8.21. The SMILES string of the molecule is CN(C)CCN1CCN(Cc2ccc(CN)cc2Br)CC1. The van der Waals surface area contributed by atoms with Crippen LogP contribution < -0.4 is 5.73 Å². The summed E-state index contributed by atoms with van der Waals surface area (Å²) in [7, 11) is 4.28. The fourth-order valence-corrected chi connectivity index (χ4v) is 3.15. The first kappa shape index (κ1) is 16.9. The molecule has 1 heterocycles. The van der Waals surface area contributed by atoms with Crippen LogP contribution in [0, 0.1) is 0 Å². The average molecular weight is 355 g/mol. The van der Waals surface area contributed by atoms with Crippen LogP contribution in [0.2, 0.25) is 0 Å². The van der Waals surface area contributed by atoms with Crippen molar-refractivity contribution in [3.8, 4) is 0 Å². The van der Waals surface area contributed by atoms with Crippen LogP contribution >= 0.6 is 15.9 Å². The summed E-state index contributed by atoms with van der Waals surface area (Å²) in [5.74, 6) is 0. The van der Waals surface area contributed by atoms with E-state index < -0.39 is 0 Å². The second-order valence-electron chi connectivity index (χ2n) is 6.05. The van der Waals surface area contributed by atoms with Crippen molar-refractivity contribution in [2.75, 3.05) is 53.4 Å². The van der Waals surface area contributed by atoms with Gasteiger partial charge in [0, 0.05) is 56.8 Å². The highest BCUT2D eigenvalue weighted by atomic mass is 79.9. The standard InChI is InChI=1S/C16H27BrN4/c1-19(2)5-6-20-7-9-21(10-8-20)13-15-4-3-14(12-18)11-16(15)17/h3-4,11H,5-10,12-13,18H2,1-2H3. The van der Waals surface area contributed by atoms with Crippen molar-refractivity contribution in [1.82, 2.24) is 14.7 Å². The number of hydrogen-bond donors (Lipinski definition) is 1. The van der Waals surface area contributed by atoms with E-state index in [9.17, 15) is 0 Å². The number of halogens is 1. The number of piperazine rings is 1. The molecule has 21 heavy (non-hydrogen) atoms. The Morgan fingerprint density at radius 1 is 1.14 bits per heavy atom. The van der Waals surface area contributed by atoms with Crippen LogP contribution in [0.5, 0.6) is 0 Å². The molecule has 0 radical (unpaired) electrons. The van der Waals surface area contributed by atoms with Crippen molar-refractivity contribution in [3.05, 3.63) is 33.8 Å². The van der Waals surface area contributed by atoms with Gasteiger partial charge in [0.25, 0.3) is 0 Å². The van der Waals surface area contributed by atoms with Gasteiger partial charge in [-0.05, 0) is 31.3 Å². The van der Waals surface area contributed by atoms with Crippen molar-refractivity contribution in [2.24, 2.45) is 5.73 Å². The summed E-state index contributed by atoms with van der Waals surface area (Å²) >= 11 is 3.67. The summed E-state index contributed by atoms with van der Waals surface area (Å²) in [6.45, 7) is 8.59. The zero-order valence-electron chi connectivity index (χ0n) is 13.2. The molecule has 1 fully saturated rings. The third-order valence-corrected chi connectivity index (χ3v) is 4.81. The lowest BCUT2D eigenvalue weighted by molar-refractivity contribution is 0.120. The summed E-state index contributed by atoms with van der Waals surface area (Å²) in [6.07, 6.45) is 0. The first-order valence-electron chi connectivity index (χ1n) is 7.65. The molecule has 5 heteroatoms. The quantitative estimate of drug-likeness (QED) is 0.841. The van der Waals surface area contributed by atoms with Crippen molar-refractivity contribution in [2.45, 2.75) is 13.1 Å². The monoisotopic (exact) mass is 354 g/mol. The molecular formula is C16H27BrN4. The molecule has 2 N–H and O–H groups in total. The molecule has 1 aliphatic heterocycles. The molecule has 1 saturated heterocycles. The van der Waals surface area contributed by atoms with Gasteiger partial charge in [0.15, 0.2) is 0 Å². The third kappa shape index (κ3) is 5.34. The van der Waals surface area contributed by atoms with Gasteiger partial charge < -0.3 is 10.6 Å². The Labute approximate surface area is 137 Å². The number of nitrogens with two attached hydrogens (primary N) is 1. The van der Waals surface area contributed by atoms with Crippen LogP contribution in [0.15, 0.2) is 22.7 Å². The number of nitrogens with zero attached hydrogens (tertiary/aromatic N) is 3. The number of hydrogen-bond acceptors (Lipinski definition) is 4. The van der Waals surface area contributed by atoms with Crippen LogP contribution in [-0.4, -0.2) is 68.1 Å². The summed E-state index contributed by atoms with van der Waals surface area (Å²) < 4.78 is 1.18.